The second kappa shape index (κ2) is 4.20. The van der Waals surface area contributed by atoms with Crippen LogP contribution >= 0.6 is 0 Å². The Hall–Kier alpha value is -1.26. The first-order valence-electron chi connectivity index (χ1n) is 5.70. The van der Waals surface area contributed by atoms with Crippen LogP contribution in [0.4, 0.5) is 19.0 Å². The van der Waals surface area contributed by atoms with Crippen LogP contribution in [0.1, 0.15) is 25.8 Å². The number of halogens is 3. The fraction of sp³-hybridized carbons (Fsp3) is 0.583. The van der Waals surface area contributed by atoms with Crippen LogP contribution in [0.2, 0.25) is 0 Å². The van der Waals surface area contributed by atoms with Gasteiger partial charge in [-0.15, -0.1) is 0 Å². The van der Waals surface area contributed by atoms with Crippen LogP contribution in [-0.4, -0.2) is 17.6 Å². The molecule has 0 saturated carbocycles. The number of alkyl halides is 3. The molecule has 0 bridgehead atoms. The summed E-state index contributed by atoms with van der Waals surface area (Å²) in [6, 6.07) is 2.53. The number of nitrogens with zero attached hydrogens (tertiary/aromatic N) is 2. The van der Waals surface area contributed by atoms with Gasteiger partial charge in [0.2, 0.25) is 0 Å². The Morgan fingerprint density at radius 1 is 1.35 bits per heavy atom. The van der Waals surface area contributed by atoms with E-state index in [1.54, 1.807) is 4.90 Å². The van der Waals surface area contributed by atoms with E-state index in [0.717, 1.165) is 12.5 Å². The molecule has 2 heterocycles. The second-order valence-electron chi connectivity index (χ2n) is 4.57. The van der Waals surface area contributed by atoms with E-state index < -0.39 is 11.7 Å². The summed E-state index contributed by atoms with van der Waals surface area (Å²) in [6.45, 7) is 4.65. The molecule has 2 atom stereocenters. The monoisotopic (exact) mass is 244 g/mol. The third-order valence-corrected chi connectivity index (χ3v) is 3.50. The van der Waals surface area contributed by atoms with Crippen LogP contribution in [0.3, 0.4) is 0 Å². The van der Waals surface area contributed by atoms with E-state index in [-0.39, 0.29) is 11.9 Å². The first-order chi connectivity index (χ1) is 7.91. The molecule has 0 amide bonds. The number of anilines is 1. The molecule has 17 heavy (non-hydrogen) atoms. The summed E-state index contributed by atoms with van der Waals surface area (Å²) in [7, 11) is 0. The van der Waals surface area contributed by atoms with Gasteiger partial charge < -0.3 is 4.90 Å². The first-order valence-corrected chi connectivity index (χ1v) is 5.70. The summed E-state index contributed by atoms with van der Waals surface area (Å²) in [6.07, 6.45) is -2.01. The molecule has 1 aromatic heterocycles. The van der Waals surface area contributed by atoms with Crippen molar-refractivity contribution in [2.45, 2.75) is 32.5 Å². The quantitative estimate of drug-likeness (QED) is 0.753. The highest BCUT2D eigenvalue weighted by Gasteiger charge is 2.38. The van der Waals surface area contributed by atoms with Crippen molar-refractivity contribution in [1.82, 2.24) is 4.98 Å². The molecule has 1 aliphatic heterocycles. The van der Waals surface area contributed by atoms with E-state index >= 15 is 0 Å². The van der Waals surface area contributed by atoms with Gasteiger partial charge in [0.15, 0.2) is 0 Å². The molecule has 1 fully saturated rings. The van der Waals surface area contributed by atoms with Gasteiger partial charge in [-0.2, -0.15) is 13.2 Å². The lowest BCUT2D eigenvalue weighted by Crippen LogP contribution is -2.31. The zero-order valence-electron chi connectivity index (χ0n) is 9.83. The van der Waals surface area contributed by atoms with Crippen LogP contribution in [0, 0.1) is 5.92 Å². The first kappa shape index (κ1) is 12.2. The highest BCUT2D eigenvalue weighted by Crippen LogP contribution is 2.38. The number of hydrogen-bond acceptors (Lipinski definition) is 2. The molecule has 0 aliphatic carbocycles. The van der Waals surface area contributed by atoms with E-state index in [1.807, 2.05) is 6.92 Å². The highest BCUT2D eigenvalue weighted by molar-refractivity contribution is 5.50. The molecule has 1 aliphatic rings. The molecular formula is C12H15F3N2. The summed E-state index contributed by atoms with van der Waals surface area (Å²) in [5, 5.41) is 0. The molecule has 0 radical (unpaired) electrons. The minimum Gasteiger partial charge on any atom is -0.353 e. The van der Waals surface area contributed by atoms with Crippen molar-refractivity contribution in [1.29, 1.82) is 0 Å². The maximum Gasteiger partial charge on any atom is 0.419 e. The lowest BCUT2D eigenvalue weighted by atomic mass is 10.1. The largest absolute Gasteiger partial charge is 0.419 e. The van der Waals surface area contributed by atoms with Gasteiger partial charge in [-0.25, -0.2) is 4.98 Å². The Morgan fingerprint density at radius 3 is 2.59 bits per heavy atom. The molecule has 94 valence electrons. The Balaban J connectivity index is 2.39. The van der Waals surface area contributed by atoms with E-state index in [9.17, 15) is 13.2 Å². The van der Waals surface area contributed by atoms with Crippen molar-refractivity contribution < 1.29 is 13.2 Å². The van der Waals surface area contributed by atoms with Gasteiger partial charge >= 0.3 is 6.18 Å². The van der Waals surface area contributed by atoms with Gasteiger partial charge in [0.25, 0.3) is 0 Å². The van der Waals surface area contributed by atoms with Crippen LogP contribution in [0.25, 0.3) is 0 Å². The normalized spacial score (nSPS) is 25.4. The van der Waals surface area contributed by atoms with Gasteiger partial charge in [-0.3, -0.25) is 0 Å². The minimum atomic E-state index is -4.34. The van der Waals surface area contributed by atoms with Gasteiger partial charge in [0.1, 0.15) is 5.82 Å². The average Bonchev–Trinajstić information content (AvgIpc) is 2.59. The molecule has 0 aromatic carbocycles. The van der Waals surface area contributed by atoms with Crippen molar-refractivity contribution in [3.63, 3.8) is 0 Å². The number of aromatic nitrogens is 1. The summed E-state index contributed by atoms with van der Waals surface area (Å²) in [5.41, 5.74) is -0.638. The lowest BCUT2D eigenvalue weighted by molar-refractivity contribution is -0.137. The van der Waals surface area contributed by atoms with Gasteiger partial charge in [-0.05, 0) is 31.4 Å². The summed E-state index contributed by atoms with van der Waals surface area (Å²) in [4.78, 5) is 5.68. The second-order valence-corrected chi connectivity index (χ2v) is 4.57. The highest BCUT2D eigenvalue weighted by atomic mass is 19.4. The van der Waals surface area contributed by atoms with Gasteiger partial charge in [-0.1, -0.05) is 6.92 Å². The SMILES string of the molecule is CC1CCN(c2ncccc2C(F)(F)F)C1C. The Bertz CT molecular complexity index is 403. The van der Waals surface area contributed by atoms with E-state index in [1.165, 1.54) is 12.3 Å². The van der Waals surface area contributed by atoms with E-state index in [2.05, 4.69) is 11.9 Å². The van der Waals surface area contributed by atoms with Crippen molar-refractivity contribution in [2.75, 3.05) is 11.4 Å². The molecule has 2 nitrogen and oxygen atoms in total. The lowest BCUT2D eigenvalue weighted by Gasteiger charge is -2.27. The van der Waals surface area contributed by atoms with Crippen molar-refractivity contribution >= 4 is 5.82 Å². The Labute approximate surface area is 98.5 Å². The van der Waals surface area contributed by atoms with Crippen LogP contribution in [-0.2, 0) is 6.18 Å². The van der Waals surface area contributed by atoms with Crippen molar-refractivity contribution in [2.24, 2.45) is 5.92 Å². The molecule has 0 spiro atoms. The average molecular weight is 244 g/mol. The zero-order chi connectivity index (χ0) is 12.6. The topological polar surface area (TPSA) is 16.1 Å². The molecule has 5 heteroatoms. The number of pyridine rings is 1. The summed E-state index contributed by atoms with van der Waals surface area (Å²) < 4.78 is 38.6. The molecular weight excluding hydrogens is 229 g/mol. The van der Waals surface area contributed by atoms with Crippen LogP contribution in [0.15, 0.2) is 18.3 Å². The third-order valence-electron chi connectivity index (χ3n) is 3.50. The maximum atomic E-state index is 12.9. The van der Waals surface area contributed by atoms with Gasteiger partial charge in [0.05, 0.1) is 5.56 Å². The number of hydrogen-bond donors (Lipinski definition) is 0. The summed E-state index contributed by atoms with van der Waals surface area (Å²) >= 11 is 0. The zero-order valence-corrected chi connectivity index (χ0v) is 9.83. The van der Waals surface area contributed by atoms with E-state index in [0.29, 0.717) is 12.5 Å². The van der Waals surface area contributed by atoms with Gasteiger partial charge in [0, 0.05) is 18.8 Å². The molecule has 1 aromatic rings. The van der Waals surface area contributed by atoms with Crippen LogP contribution < -0.4 is 4.90 Å². The fourth-order valence-corrected chi connectivity index (χ4v) is 2.24. The smallest absolute Gasteiger partial charge is 0.353 e. The summed E-state index contributed by atoms with van der Waals surface area (Å²) in [5.74, 6) is 0.468. The Kier molecular flexibility index (Phi) is 3.02. The standard InChI is InChI=1S/C12H15F3N2/c1-8-5-7-17(9(8)2)11-10(12(13,14)15)4-3-6-16-11/h3-4,6,8-9H,5,7H2,1-2H3. The maximum absolute atomic E-state index is 12.9. The minimum absolute atomic E-state index is 0.0665. The fourth-order valence-electron chi connectivity index (χ4n) is 2.24. The van der Waals surface area contributed by atoms with Crippen LogP contribution in [0.5, 0.6) is 0 Å². The molecule has 0 N–H and O–H groups in total. The third kappa shape index (κ3) is 2.23. The van der Waals surface area contributed by atoms with Crippen molar-refractivity contribution in [3.05, 3.63) is 23.9 Å². The number of rotatable bonds is 1. The molecule has 2 rings (SSSR count). The predicted molar refractivity (Wildman–Crippen MR) is 59.8 cm³/mol. The van der Waals surface area contributed by atoms with E-state index in [4.69, 9.17) is 0 Å². The molecule has 2 unspecified atom stereocenters. The van der Waals surface area contributed by atoms with Crippen molar-refractivity contribution in [3.8, 4) is 0 Å². The Morgan fingerprint density at radius 2 is 2.06 bits per heavy atom. The molecule has 1 saturated heterocycles. The predicted octanol–water partition coefficient (Wildman–Crippen LogP) is 3.34.